The number of rotatable bonds is 20. The normalized spacial score (nSPS) is 11.9. The molecular formula is C98H87F4N17O7. The van der Waals surface area contributed by atoms with Crippen LogP contribution in [0.25, 0.3) is 112 Å². The Morgan fingerprint density at radius 1 is 0.381 bits per heavy atom. The van der Waals surface area contributed by atoms with Crippen molar-refractivity contribution >= 4 is 51.9 Å². The van der Waals surface area contributed by atoms with E-state index in [0.29, 0.717) is 97.9 Å². The lowest BCUT2D eigenvalue weighted by Crippen LogP contribution is -2.41. The number of carbonyl (C=O) groups excluding carboxylic acids is 4. The van der Waals surface area contributed by atoms with Gasteiger partial charge in [0.25, 0.3) is 23.6 Å². The van der Waals surface area contributed by atoms with Crippen LogP contribution in [0.4, 0.5) is 23.2 Å². The van der Waals surface area contributed by atoms with Crippen molar-refractivity contribution < 1.29 is 51.0 Å². The highest BCUT2D eigenvalue weighted by Crippen LogP contribution is 2.38. The number of hydrogen-bond acceptors (Lipinski definition) is 16. The number of amides is 4. The summed E-state index contributed by atoms with van der Waals surface area (Å²) < 4.78 is 78.1. The number of pyridine rings is 8. The van der Waals surface area contributed by atoms with Crippen LogP contribution in [-0.4, -0.2) is 153 Å². The molecule has 0 bridgehead atoms. The molecule has 0 radical (unpaired) electrons. The fraction of sp³-hybridized carbons (Fsp3) is 0.163. The minimum absolute atomic E-state index is 0.155. The van der Waals surface area contributed by atoms with Gasteiger partial charge in [0.2, 0.25) is 0 Å². The zero-order chi connectivity index (χ0) is 88.1. The van der Waals surface area contributed by atoms with Crippen LogP contribution in [0.1, 0.15) is 77.6 Å². The first-order valence-electron chi connectivity index (χ1n) is 40.6. The van der Waals surface area contributed by atoms with Gasteiger partial charge >= 0.3 is 0 Å². The summed E-state index contributed by atoms with van der Waals surface area (Å²) in [6, 6.07) is 55.5. The second-order valence-corrected chi connectivity index (χ2v) is 29.7. The van der Waals surface area contributed by atoms with Crippen LogP contribution in [0.3, 0.4) is 0 Å². The fourth-order valence-corrected chi connectivity index (χ4v) is 14.7. The first-order valence-corrected chi connectivity index (χ1v) is 40.6. The zero-order valence-electron chi connectivity index (χ0n) is 70.2. The van der Waals surface area contributed by atoms with Gasteiger partial charge in [0.15, 0.2) is 11.5 Å². The van der Waals surface area contributed by atoms with Crippen LogP contribution in [-0.2, 0) is 4.74 Å². The Labute approximate surface area is 722 Å². The van der Waals surface area contributed by atoms with Crippen molar-refractivity contribution in [1.82, 2.24) is 78.3 Å². The molecule has 18 rings (SSSR count). The average molecular weight is 1690 g/mol. The quantitative estimate of drug-likeness (QED) is 0.0517. The molecule has 1 aliphatic heterocycles. The van der Waals surface area contributed by atoms with E-state index in [1.807, 2.05) is 129 Å². The number of nitrogens with one attached hydrogen (secondary N) is 4. The Morgan fingerprint density at radius 3 is 1.03 bits per heavy atom. The summed E-state index contributed by atoms with van der Waals surface area (Å²) in [5, 5.41) is 11.4. The maximum absolute atomic E-state index is 13.9. The number of methoxy groups -OCH3 is 2. The number of nitrogens with zero attached hydrogens (tertiary/aromatic N) is 13. The number of benzene rings is 5. The van der Waals surface area contributed by atoms with Crippen molar-refractivity contribution in [3.05, 3.63) is 331 Å². The van der Waals surface area contributed by atoms with Gasteiger partial charge in [0.1, 0.15) is 68.6 Å². The van der Waals surface area contributed by atoms with Gasteiger partial charge in [-0.3, -0.25) is 61.6 Å². The number of aromatic nitrogens is 12. The number of hydrogen-bond donors (Lipinski definition) is 4. The summed E-state index contributed by atoms with van der Waals surface area (Å²) in [7, 11) is 4.67. The molecule has 4 N–H and O–H groups in total. The van der Waals surface area contributed by atoms with Crippen LogP contribution >= 0.6 is 0 Å². The van der Waals surface area contributed by atoms with Gasteiger partial charge in [-0.05, 0) is 214 Å². The van der Waals surface area contributed by atoms with Crippen LogP contribution in [0.5, 0.6) is 11.5 Å². The van der Waals surface area contributed by atoms with Crippen molar-refractivity contribution in [2.24, 2.45) is 0 Å². The molecule has 1 fully saturated rings. The Balaban J connectivity index is 0.000000130. The first-order chi connectivity index (χ1) is 61.2. The predicted octanol–water partition coefficient (Wildman–Crippen LogP) is 17.9. The lowest BCUT2D eigenvalue weighted by Gasteiger charge is -2.26. The summed E-state index contributed by atoms with van der Waals surface area (Å²) in [6.07, 6.45) is 21.5. The van der Waals surface area contributed by atoms with E-state index in [2.05, 4.69) is 66.0 Å². The predicted molar refractivity (Wildman–Crippen MR) is 477 cm³/mol. The molecule has 28 heteroatoms. The first kappa shape index (κ1) is 85.6. The molecule has 0 spiro atoms. The number of morpholine rings is 1. The van der Waals surface area contributed by atoms with Gasteiger partial charge in [-0.2, -0.15) is 0 Å². The summed E-state index contributed by atoms with van der Waals surface area (Å²) in [5.74, 6) is -0.774. The third-order valence-corrected chi connectivity index (χ3v) is 21.4. The van der Waals surface area contributed by atoms with Gasteiger partial charge in [-0.25, -0.2) is 37.5 Å². The Hall–Kier alpha value is -15.4. The fourth-order valence-electron chi connectivity index (χ4n) is 14.7. The Bertz CT molecular complexity index is 6920. The topological polar surface area (TPSA) is 268 Å². The van der Waals surface area contributed by atoms with Crippen molar-refractivity contribution in [1.29, 1.82) is 0 Å². The number of halogens is 4. The van der Waals surface area contributed by atoms with Crippen LogP contribution in [0.2, 0.25) is 0 Å². The van der Waals surface area contributed by atoms with E-state index in [-0.39, 0.29) is 46.9 Å². The van der Waals surface area contributed by atoms with Gasteiger partial charge in [-0.15, -0.1) is 0 Å². The summed E-state index contributed by atoms with van der Waals surface area (Å²) in [5.41, 5.74) is 20.6. The van der Waals surface area contributed by atoms with Crippen LogP contribution < -0.4 is 30.7 Å². The minimum Gasteiger partial charge on any atom is -0.493 e. The molecule has 5 aromatic carbocycles. The zero-order valence-corrected chi connectivity index (χ0v) is 70.2. The molecule has 634 valence electrons. The number of aryl methyl sites for hydroxylation is 4. The number of imidazole rings is 4. The molecule has 0 atom stereocenters. The molecule has 0 saturated carbocycles. The van der Waals surface area contributed by atoms with Crippen molar-refractivity contribution in [3.8, 4) is 101 Å². The number of fused-ring (bicyclic) bond motifs is 4. The molecule has 1 aliphatic rings. The van der Waals surface area contributed by atoms with Crippen molar-refractivity contribution in [2.45, 2.75) is 41.0 Å². The highest BCUT2D eigenvalue weighted by molar-refractivity contribution is 6.04. The Kier molecular flexibility index (Phi) is 26.3. The molecule has 13 heterocycles. The number of ether oxygens (including phenoxy) is 3. The van der Waals surface area contributed by atoms with Crippen LogP contribution in [0, 0.1) is 51.0 Å². The van der Waals surface area contributed by atoms with E-state index in [1.165, 1.54) is 37.6 Å². The Morgan fingerprint density at radius 2 is 0.706 bits per heavy atom. The highest BCUT2D eigenvalue weighted by atomic mass is 19.1. The van der Waals surface area contributed by atoms with E-state index in [9.17, 15) is 36.7 Å². The van der Waals surface area contributed by atoms with E-state index in [0.717, 1.165) is 129 Å². The van der Waals surface area contributed by atoms with Gasteiger partial charge in [-0.1, -0.05) is 31.2 Å². The van der Waals surface area contributed by atoms with Crippen molar-refractivity contribution in [2.75, 3.05) is 72.5 Å². The largest absolute Gasteiger partial charge is 0.493 e. The molecule has 126 heavy (non-hydrogen) atoms. The van der Waals surface area contributed by atoms with Crippen molar-refractivity contribution in [3.63, 3.8) is 0 Å². The molecule has 0 aliphatic carbocycles. The van der Waals surface area contributed by atoms with Crippen LogP contribution in [0.15, 0.2) is 262 Å². The SMILES string of the molecule is CCCNC(=O)c1cnc2ccc(-c3cccnc3-c3ccc(F)c(C)c3)cn12.CNC(=O)c1cnc2ccc(-c3cccnc3-c3ccc(F)c(C)c3)cn12.COc1ccc(NC(=O)c2cnc3ccc(-c4cccnc4-c4ccc(F)c(C)c4)cn23)cc1OC.Cc1cc(-c2ncccc2-c2ccc3ncc(C(=O)NCCN4CCOCC4)n3c2)ccc1F. The second-order valence-electron chi connectivity index (χ2n) is 29.7. The maximum Gasteiger partial charge on any atom is 0.274 e. The molecule has 1 saturated heterocycles. The number of carbonyl (C=O) groups is 4. The molecule has 4 amide bonds. The maximum atomic E-state index is 13.9. The minimum atomic E-state index is -0.326. The lowest BCUT2D eigenvalue weighted by atomic mass is 9.99. The van der Waals surface area contributed by atoms with E-state index in [4.69, 9.17) is 14.2 Å². The molecule has 17 aromatic rings. The molecular weight excluding hydrogens is 1600 g/mol. The number of anilines is 1. The van der Waals surface area contributed by atoms with E-state index < -0.39 is 0 Å². The second kappa shape index (κ2) is 38.8. The third kappa shape index (κ3) is 18.9. The van der Waals surface area contributed by atoms with Gasteiger partial charge < -0.3 is 35.5 Å². The monoisotopic (exact) mass is 1690 g/mol. The lowest BCUT2D eigenvalue weighted by molar-refractivity contribution is 0.0383. The summed E-state index contributed by atoms with van der Waals surface area (Å²) in [6.45, 7) is 14.1. The average Bonchev–Trinajstić information content (AvgIpc) is 1.59. The van der Waals surface area contributed by atoms with E-state index in [1.54, 1.807) is 170 Å². The standard InChI is InChI=1S/C28H23FN4O3.C26H26FN5O2.C23H21FN4O.C21H17FN4O/c1-17-13-18(6-9-22(17)29)27-21(5-4-12-30-27)19-7-11-26-31-15-23(33(26)16-19)28(34)32-20-8-10-24(35-2)25(14-20)36-3;1-18-15-19(4-6-22(18)27)25-21(3-2-8-28-25)20-5-7-24-30-16-23(32(24)17-20)26(33)29-9-10-31-11-13-34-14-12-31;1-3-10-26-23(29)20-13-27-21-9-7-17(14-28(20)21)18-5-4-11-25-22(18)16-6-8-19(24)15(2)12-16;1-13-10-14(5-7-17(13)22)20-16(4-3-9-24-20)15-6-8-19-25-11-18(21(27)23-2)26(19)12-15/h4-16H,1-3H3,(H,32,34);2-8,15-17H,9-14H2,1H3,(H,29,33);4-9,11-14H,3,10H2,1-2H3,(H,26,29);3-12H,1-2H3,(H,23,27). The summed E-state index contributed by atoms with van der Waals surface area (Å²) >= 11 is 0. The molecule has 12 aromatic heterocycles. The van der Waals surface area contributed by atoms with Gasteiger partial charge in [0, 0.05) is 168 Å². The van der Waals surface area contributed by atoms with Gasteiger partial charge in [0.05, 0.1) is 75.0 Å². The molecule has 0 unspecified atom stereocenters. The highest BCUT2D eigenvalue weighted by Gasteiger charge is 2.23. The smallest absolute Gasteiger partial charge is 0.274 e. The van der Waals surface area contributed by atoms with E-state index >= 15 is 0 Å². The summed E-state index contributed by atoms with van der Waals surface area (Å²) in [4.78, 5) is 88.4. The third-order valence-electron chi connectivity index (χ3n) is 21.4. The molecule has 24 nitrogen and oxygen atoms in total.